The van der Waals surface area contributed by atoms with Crippen molar-refractivity contribution < 1.29 is 14.0 Å². The van der Waals surface area contributed by atoms with Crippen molar-refractivity contribution in [1.82, 2.24) is 0 Å². The van der Waals surface area contributed by atoms with Crippen LogP contribution in [0.2, 0.25) is 0 Å². The topological polar surface area (TPSA) is 44.5 Å². The van der Waals surface area contributed by atoms with Gasteiger partial charge >= 0.3 is 0 Å². The van der Waals surface area contributed by atoms with Gasteiger partial charge in [-0.15, -0.1) is 0 Å². The molecule has 2 aliphatic rings. The Morgan fingerprint density at radius 1 is 1.33 bits per heavy atom. The molecule has 0 radical (unpaired) electrons. The quantitative estimate of drug-likeness (QED) is 0.658. The molecular formula is C11H23N2O2+. The Hall–Kier alpha value is -0.160. The van der Waals surface area contributed by atoms with Crippen molar-refractivity contribution in [2.45, 2.75) is 31.1 Å². The Morgan fingerprint density at radius 2 is 2.13 bits per heavy atom. The molecule has 0 saturated carbocycles. The summed E-state index contributed by atoms with van der Waals surface area (Å²) in [7, 11) is 4.46. The average Bonchev–Trinajstić information content (AvgIpc) is 2.61. The first-order valence-electron chi connectivity index (χ1n) is 5.88. The van der Waals surface area contributed by atoms with Crippen molar-refractivity contribution in [1.29, 1.82) is 0 Å². The molecule has 2 saturated heterocycles. The molecule has 0 aromatic carbocycles. The van der Waals surface area contributed by atoms with E-state index in [-0.39, 0.29) is 18.2 Å². The van der Waals surface area contributed by atoms with E-state index in [1.807, 2.05) is 0 Å². The zero-order valence-corrected chi connectivity index (χ0v) is 9.82. The summed E-state index contributed by atoms with van der Waals surface area (Å²) >= 11 is 0. The van der Waals surface area contributed by atoms with Crippen molar-refractivity contribution in [3.63, 3.8) is 0 Å². The predicted molar refractivity (Wildman–Crippen MR) is 58.5 cm³/mol. The number of nitrogens with zero attached hydrogens (tertiary/aromatic N) is 1. The molecule has 0 aromatic heterocycles. The molecule has 15 heavy (non-hydrogen) atoms. The van der Waals surface area contributed by atoms with Crippen LogP contribution in [0.4, 0.5) is 0 Å². The molecule has 2 aliphatic heterocycles. The van der Waals surface area contributed by atoms with Crippen molar-refractivity contribution >= 4 is 0 Å². The van der Waals surface area contributed by atoms with E-state index in [1.54, 1.807) is 0 Å². The van der Waals surface area contributed by atoms with Gasteiger partial charge in [-0.2, -0.15) is 0 Å². The van der Waals surface area contributed by atoms with E-state index in [0.717, 1.165) is 43.6 Å². The van der Waals surface area contributed by atoms with Crippen LogP contribution in [-0.2, 0) is 9.47 Å². The van der Waals surface area contributed by atoms with Gasteiger partial charge in [-0.25, -0.2) is 0 Å². The van der Waals surface area contributed by atoms with E-state index in [2.05, 4.69) is 14.1 Å². The molecule has 0 aliphatic carbocycles. The van der Waals surface area contributed by atoms with Gasteiger partial charge < -0.3 is 19.7 Å². The second kappa shape index (κ2) is 4.37. The summed E-state index contributed by atoms with van der Waals surface area (Å²) in [6, 6.07) is 0.175. The van der Waals surface area contributed by atoms with Gasteiger partial charge in [-0.1, -0.05) is 0 Å². The van der Waals surface area contributed by atoms with Crippen LogP contribution in [0.15, 0.2) is 0 Å². The average molecular weight is 215 g/mol. The summed E-state index contributed by atoms with van der Waals surface area (Å²) in [5, 5.41) is 0. The Labute approximate surface area is 91.9 Å². The molecule has 2 N–H and O–H groups in total. The van der Waals surface area contributed by atoms with Crippen LogP contribution in [0.5, 0.6) is 0 Å². The summed E-state index contributed by atoms with van der Waals surface area (Å²) in [4.78, 5) is 0. The van der Waals surface area contributed by atoms with E-state index in [0.29, 0.717) is 0 Å². The molecule has 4 nitrogen and oxygen atoms in total. The number of nitrogens with two attached hydrogens (primary N) is 1. The number of piperidine rings is 1. The Morgan fingerprint density at radius 3 is 2.73 bits per heavy atom. The highest BCUT2D eigenvalue weighted by Gasteiger charge is 2.35. The molecule has 4 heteroatoms. The summed E-state index contributed by atoms with van der Waals surface area (Å²) in [5.74, 6) is 0. The molecule has 2 heterocycles. The number of likely N-dealkylation sites (N-methyl/N-ethyl adjacent to an activating group) is 1. The second-order valence-corrected chi connectivity index (χ2v) is 5.45. The minimum atomic E-state index is 0.175. The van der Waals surface area contributed by atoms with Gasteiger partial charge in [0.25, 0.3) is 0 Å². The van der Waals surface area contributed by atoms with Crippen LogP contribution in [0.25, 0.3) is 0 Å². The van der Waals surface area contributed by atoms with Crippen LogP contribution in [0.1, 0.15) is 12.8 Å². The summed E-state index contributed by atoms with van der Waals surface area (Å²) < 4.78 is 12.3. The van der Waals surface area contributed by atoms with Crippen LogP contribution in [0, 0.1) is 0 Å². The number of hydrogen-bond acceptors (Lipinski definition) is 3. The fourth-order valence-corrected chi connectivity index (χ4v) is 2.51. The first kappa shape index (κ1) is 11.3. The fourth-order valence-electron chi connectivity index (χ4n) is 2.51. The van der Waals surface area contributed by atoms with Gasteiger partial charge in [-0.3, -0.25) is 0 Å². The van der Waals surface area contributed by atoms with Gasteiger partial charge in [0.05, 0.1) is 52.0 Å². The number of hydrogen-bond donors (Lipinski definition) is 1. The van der Waals surface area contributed by atoms with E-state index < -0.39 is 0 Å². The standard InChI is InChI=1S/C11H23N2O2/c1-13(2)5-3-11(10(12)7-13)15-9-4-6-14-8-9/h9-11H,3-8,12H2,1-2H3/q+1/t9-,10?,11?/m0/s1. The Kier molecular flexibility index (Phi) is 3.30. The predicted octanol–water partition coefficient (Wildman–Crippen LogP) is -0.0321. The molecule has 3 atom stereocenters. The minimum Gasteiger partial charge on any atom is -0.379 e. The Bertz CT molecular complexity index is 215. The zero-order valence-electron chi connectivity index (χ0n) is 9.82. The van der Waals surface area contributed by atoms with Crippen LogP contribution in [0.3, 0.4) is 0 Å². The second-order valence-electron chi connectivity index (χ2n) is 5.45. The van der Waals surface area contributed by atoms with Gasteiger partial charge in [0.15, 0.2) is 0 Å². The monoisotopic (exact) mass is 215 g/mol. The lowest BCUT2D eigenvalue weighted by atomic mass is 10.0. The molecule has 2 rings (SSSR count). The third-order valence-electron chi connectivity index (χ3n) is 3.46. The van der Waals surface area contributed by atoms with Crippen molar-refractivity contribution in [2.24, 2.45) is 5.73 Å². The maximum atomic E-state index is 6.15. The minimum absolute atomic E-state index is 0.175. The van der Waals surface area contributed by atoms with E-state index in [4.69, 9.17) is 15.2 Å². The SMILES string of the molecule is C[N+]1(C)CCC(O[C@H]2CCOC2)C(N)C1. The van der Waals surface area contributed by atoms with E-state index >= 15 is 0 Å². The fraction of sp³-hybridized carbons (Fsp3) is 1.00. The first-order chi connectivity index (χ1) is 7.07. The zero-order chi connectivity index (χ0) is 10.9. The van der Waals surface area contributed by atoms with Gasteiger partial charge in [0, 0.05) is 13.0 Å². The lowest BCUT2D eigenvalue weighted by Crippen LogP contribution is -2.59. The van der Waals surface area contributed by atoms with Crippen molar-refractivity contribution in [3.05, 3.63) is 0 Å². The lowest BCUT2D eigenvalue weighted by molar-refractivity contribution is -0.897. The molecule has 0 aromatic rings. The third kappa shape index (κ3) is 2.91. The maximum Gasteiger partial charge on any atom is 0.0962 e. The molecule has 88 valence electrons. The molecular weight excluding hydrogens is 192 g/mol. The van der Waals surface area contributed by atoms with Gasteiger partial charge in [-0.05, 0) is 6.42 Å². The summed E-state index contributed by atoms with van der Waals surface area (Å²) in [6.45, 7) is 3.76. The molecule has 2 unspecified atom stereocenters. The Balaban J connectivity index is 1.83. The normalized spacial score (nSPS) is 40.6. The van der Waals surface area contributed by atoms with Crippen LogP contribution >= 0.6 is 0 Å². The summed E-state index contributed by atoms with van der Waals surface area (Å²) in [6.07, 6.45) is 2.63. The number of rotatable bonds is 2. The lowest BCUT2D eigenvalue weighted by Gasteiger charge is -2.41. The molecule has 0 amide bonds. The van der Waals surface area contributed by atoms with Crippen molar-refractivity contribution in [3.8, 4) is 0 Å². The van der Waals surface area contributed by atoms with E-state index in [1.165, 1.54) is 0 Å². The van der Waals surface area contributed by atoms with Crippen molar-refractivity contribution in [2.75, 3.05) is 40.4 Å². The molecule has 0 spiro atoms. The van der Waals surface area contributed by atoms with E-state index in [9.17, 15) is 0 Å². The molecule has 2 fully saturated rings. The highest BCUT2D eigenvalue weighted by molar-refractivity contribution is 4.79. The van der Waals surface area contributed by atoms with Gasteiger partial charge in [0.1, 0.15) is 0 Å². The van der Waals surface area contributed by atoms with Crippen LogP contribution in [-0.4, -0.2) is 63.1 Å². The molecule has 0 bridgehead atoms. The largest absolute Gasteiger partial charge is 0.379 e. The number of ether oxygens (including phenoxy) is 2. The highest BCUT2D eigenvalue weighted by atomic mass is 16.6. The summed E-state index contributed by atoms with van der Waals surface area (Å²) in [5.41, 5.74) is 6.15. The van der Waals surface area contributed by atoms with Gasteiger partial charge in [0.2, 0.25) is 0 Å². The maximum absolute atomic E-state index is 6.15. The number of likely N-dealkylation sites (tertiary alicyclic amines) is 1. The van der Waals surface area contributed by atoms with Crippen LogP contribution < -0.4 is 5.73 Å². The first-order valence-corrected chi connectivity index (χ1v) is 5.88. The third-order valence-corrected chi connectivity index (χ3v) is 3.46. The smallest absolute Gasteiger partial charge is 0.0962 e. The number of quaternary nitrogens is 1. The highest BCUT2D eigenvalue weighted by Crippen LogP contribution is 2.20.